The normalized spacial score (nSPS) is 12.9. The maximum absolute atomic E-state index is 12.8. The molecule has 0 saturated heterocycles. The Kier molecular flexibility index (Phi) is 49.0. The lowest BCUT2D eigenvalue weighted by Crippen LogP contribution is -2.30. The van der Waals surface area contributed by atoms with Gasteiger partial charge in [0.1, 0.15) is 13.2 Å². The van der Waals surface area contributed by atoms with Crippen LogP contribution in [0.25, 0.3) is 0 Å². The predicted molar refractivity (Wildman–Crippen MR) is 274 cm³/mol. The molecule has 0 rings (SSSR count). The zero-order valence-electron chi connectivity index (χ0n) is 41.5. The van der Waals surface area contributed by atoms with E-state index in [1.165, 1.54) is 57.8 Å². The second-order valence-electron chi connectivity index (χ2n) is 17.0. The minimum Gasteiger partial charge on any atom is -0.462 e. The summed E-state index contributed by atoms with van der Waals surface area (Å²) in [6.07, 6.45) is 68.2. The molecular formula is C58H96O6. The fraction of sp³-hybridized carbons (Fsp3) is 0.672. The van der Waals surface area contributed by atoms with Crippen LogP contribution in [0, 0.1) is 0 Å². The minimum atomic E-state index is -0.802. The lowest BCUT2D eigenvalue weighted by atomic mass is 10.1. The van der Waals surface area contributed by atoms with E-state index in [1.54, 1.807) is 0 Å². The van der Waals surface area contributed by atoms with Crippen molar-refractivity contribution in [1.29, 1.82) is 0 Å². The van der Waals surface area contributed by atoms with Gasteiger partial charge in [-0.3, -0.25) is 14.4 Å². The van der Waals surface area contributed by atoms with E-state index in [4.69, 9.17) is 14.2 Å². The first-order chi connectivity index (χ1) is 31.5. The minimum absolute atomic E-state index is 0.0995. The molecular weight excluding hydrogens is 793 g/mol. The summed E-state index contributed by atoms with van der Waals surface area (Å²) in [4.78, 5) is 38.0. The van der Waals surface area contributed by atoms with Gasteiger partial charge in [-0.2, -0.15) is 0 Å². The van der Waals surface area contributed by atoms with Gasteiger partial charge >= 0.3 is 17.9 Å². The molecule has 0 aromatic heterocycles. The van der Waals surface area contributed by atoms with Crippen molar-refractivity contribution >= 4 is 17.9 Å². The molecule has 0 N–H and O–H groups in total. The van der Waals surface area contributed by atoms with Crippen LogP contribution < -0.4 is 0 Å². The molecule has 0 heterocycles. The Morgan fingerprint density at radius 2 is 0.625 bits per heavy atom. The molecule has 64 heavy (non-hydrogen) atoms. The van der Waals surface area contributed by atoms with Crippen molar-refractivity contribution in [3.8, 4) is 0 Å². The number of allylic oxidation sites excluding steroid dienone is 16. The van der Waals surface area contributed by atoms with Gasteiger partial charge in [0, 0.05) is 19.3 Å². The Morgan fingerprint density at radius 3 is 1.03 bits per heavy atom. The van der Waals surface area contributed by atoms with E-state index in [2.05, 4.69) is 118 Å². The Morgan fingerprint density at radius 1 is 0.328 bits per heavy atom. The molecule has 0 saturated carbocycles. The van der Waals surface area contributed by atoms with Gasteiger partial charge in [0.2, 0.25) is 0 Å². The highest BCUT2D eigenvalue weighted by molar-refractivity contribution is 5.71. The SMILES string of the molecule is CC/C=C\C/C=C\C/C=C\C/C=C\C/C=C\CCCCCC(=O)OCC(COC(=O)CCCCCCC/C=C\CCCC)OC(=O)CCCCCCC/C=C\C/C=C\CCCCCC. The van der Waals surface area contributed by atoms with Crippen molar-refractivity contribution < 1.29 is 28.6 Å². The van der Waals surface area contributed by atoms with Crippen LogP contribution in [0.1, 0.15) is 233 Å². The molecule has 0 fully saturated rings. The lowest BCUT2D eigenvalue weighted by molar-refractivity contribution is -0.167. The van der Waals surface area contributed by atoms with Crippen LogP contribution in [-0.2, 0) is 28.6 Å². The predicted octanol–water partition coefficient (Wildman–Crippen LogP) is 17.4. The smallest absolute Gasteiger partial charge is 0.306 e. The third kappa shape index (κ3) is 49.3. The van der Waals surface area contributed by atoms with E-state index < -0.39 is 6.10 Å². The van der Waals surface area contributed by atoms with Crippen LogP contribution in [0.15, 0.2) is 97.2 Å². The molecule has 0 amide bonds. The number of hydrogen-bond donors (Lipinski definition) is 0. The number of unbranched alkanes of at least 4 members (excludes halogenated alkanes) is 19. The summed E-state index contributed by atoms with van der Waals surface area (Å²) in [5.41, 5.74) is 0. The van der Waals surface area contributed by atoms with Crippen molar-refractivity contribution in [1.82, 2.24) is 0 Å². The summed E-state index contributed by atoms with van der Waals surface area (Å²) in [5.74, 6) is -0.959. The molecule has 364 valence electrons. The lowest BCUT2D eigenvalue weighted by Gasteiger charge is -2.18. The van der Waals surface area contributed by atoms with Crippen LogP contribution in [0.3, 0.4) is 0 Å². The highest BCUT2D eigenvalue weighted by atomic mass is 16.6. The molecule has 6 nitrogen and oxygen atoms in total. The summed E-state index contributed by atoms with van der Waals surface area (Å²) in [6, 6.07) is 0. The maximum Gasteiger partial charge on any atom is 0.306 e. The summed E-state index contributed by atoms with van der Waals surface area (Å²) >= 11 is 0. The standard InChI is InChI=1S/C58H96O6/c1-4-7-10-13-16-19-22-24-26-28-29-30-32-33-36-39-42-45-48-51-57(60)63-54-55(53-62-56(59)50-47-44-41-38-35-21-18-15-12-9-6-3)64-58(61)52-49-46-43-40-37-34-31-27-25-23-20-17-14-11-8-5-2/h7,10,15-16,18-20,23-24,26-27,29-31,33,36,55H,4-6,8-9,11-14,17,21-22,25,28,32,34-35,37-54H2,1-3H3/b10-7-,18-15-,19-16-,23-20-,26-24-,30-29-,31-27-,36-33-. The number of rotatable bonds is 46. The number of carbonyl (C=O) groups excluding carboxylic acids is 3. The van der Waals surface area contributed by atoms with Gasteiger partial charge in [0.25, 0.3) is 0 Å². The monoisotopic (exact) mass is 889 g/mol. The van der Waals surface area contributed by atoms with Crippen molar-refractivity contribution in [2.75, 3.05) is 13.2 Å². The first-order valence-corrected chi connectivity index (χ1v) is 26.2. The summed E-state index contributed by atoms with van der Waals surface area (Å²) < 4.78 is 16.8. The molecule has 0 spiro atoms. The van der Waals surface area contributed by atoms with Crippen LogP contribution in [0.5, 0.6) is 0 Å². The third-order valence-electron chi connectivity index (χ3n) is 10.8. The van der Waals surface area contributed by atoms with Crippen LogP contribution in [-0.4, -0.2) is 37.2 Å². The molecule has 6 heteroatoms. The van der Waals surface area contributed by atoms with Crippen LogP contribution >= 0.6 is 0 Å². The average Bonchev–Trinajstić information content (AvgIpc) is 3.29. The molecule has 0 aliphatic rings. The van der Waals surface area contributed by atoms with Gasteiger partial charge in [-0.25, -0.2) is 0 Å². The van der Waals surface area contributed by atoms with Gasteiger partial charge in [-0.15, -0.1) is 0 Å². The Bertz CT molecular complexity index is 1300. The van der Waals surface area contributed by atoms with Gasteiger partial charge in [0.05, 0.1) is 0 Å². The summed E-state index contributed by atoms with van der Waals surface area (Å²) in [6.45, 7) is 6.41. The largest absolute Gasteiger partial charge is 0.462 e. The van der Waals surface area contributed by atoms with Gasteiger partial charge in [0.15, 0.2) is 6.10 Å². The molecule has 0 aromatic carbocycles. The van der Waals surface area contributed by atoms with E-state index in [1.807, 2.05) is 0 Å². The molecule has 0 aliphatic carbocycles. The quantitative estimate of drug-likeness (QED) is 0.0262. The Labute approximate surface area is 394 Å². The van der Waals surface area contributed by atoms with E-state index in [-0.39, 0.29) is 31.1 Å². The maximum atomic E-state index is 12.8. The van der Waals surface area contributed by atoms with E-state index in [9.17, 15) is 14.4 Å². The molecule has 0 bridgehead atoms. The second kappa shape index (κ2) is 52.0. The van der Waals surface area contributed by atoms with Gasteiger partial charge in [-0.05, 0) is 116 Å². The zero-order chi connectivity index (χ0) is 46.5. The first kappa shape index (κ1) is 60.3. The first-order valence-electron chi connectivity index (χ1n) is 26.2. The van der Waals surface area contributed by atoms with Gasteiger partial charge < -0.3 is 14.2 Å². The highest BCUT2D eigenvalue weighted by Crippen LogP contribution is 2.13. The van der Waals surface area contributed by atoms with Crippen molar-refractivity contribution in [3.63, 3.8) is 0 Å². The third-order valence-corrected chi connectivity index (χ3v) is 10.8. The Hall–Kier alpha value is -3.67. The fourth-order valence-corrected chi connectivity index (χ4v) is 6.83. The molecule has 1 unspecified atom stereocenters. The molecule has 0 aromatic rings. The Balaban J connectivity index is 4.47. The number of esters is 3. The number of ether oxygens (including phenoxy) is 3. The van der Waals surface area contributed by atoms with Crippen molar-refractivity contribution in [2.45, 2.75) is 239 Å². The highest BCUT2D eigenvalue weighted by Gasteiger charge is 2.19. The fourth-order valence-electron chi connectivity index (χ4n) is 6.83. The number of carbonyl (C=O) groups is 3. The molecule has 0 radical (unpaired) electrons. The van der Waals surface area contributed by atoms with E-state index in [0.717, 1.165) is 135 Å². The van der Waals surface area contributed by atoms with E-state index >= 15 is 0 Å². The summed E-state index contributed by atoms with van der Waals surface area (Å²) in [7, 11) is 0. The van der Waals surface area contributed by atoms with Gasteiger partial charge in [-0.1, -0.05) is 195 Å². The van der Waals surface area contributed by atoms with Crippen LogP contribution in [0.4, 0.5) is 0 Å². The van der Waals surface area contributed by atoms with E-state index in [0.29, 0.717) is 19.3 Å². The summed E-state index contributed by atoms with van der Waals surface area (Å²) in [5, 5.41) is 0. The molecule has 1 atom stereocenters. The van der Waals surface area contributed by atoms with Crippen molar-refractivity contribution in [3.05, 3.63) is 97.2 Å². The average molecular weight is 889 g/mol. The topological polar surface area (TPSA) is 78.9 Å². The molecule has 0 aliphatic heterocycles. The zero-order valence-corrected chi connectivity index (χ0v) is 41.5. The van der Waals surface area contributed by atoms with Crippen molar-refractivity contribution in [2.24, 2.45) is 0 Å². The number of hydrogen-bond acceptors (Lipinski definition) is 6. The second-order valence-corrected chi connectivity index (χ2v) is 17.0. The van der Waals surface area contributed by atoms with Crippen LogP contribution in [0.2, 0.25) is 0 Å².